The van der Waals surface area contributed by atoms with Crippen LogP contribution in [0.4, 0.5) is 0 Å². The molecule has 14 heavy (non-hydrogen) atoms. The van der Waals surface area contributed by atoms with E-state index in [0.29, 0.717) is 6.04 Å². The van der Waals surface area contributed by atoms with E-state index in [1.807, 2.05) is 31.5 Å². The average Bonchev–Trinajstić information content (AvgIpc) is 2.17. The Labute approximate surface area is 83.9 Å². The van der Waals surface area contributed by atoms with Crippen molar-refractivity contribution in [2.45, 2.75) is 13.0 Å². The van der Waals surface area contributed by atoms with E-state index in [1.165, 1.54) is 5.57 Å². The predicted molar refractivity (Wildman–Crippen MR) is 56.7 cm³/mol. The first-order chi connectivity index (χ1) is 6.68. The molecule has 0 bridgehead atoms. The van der Waals surface area contributed by atoms with Crippen LogP contribution < -0.4 is 0 Å². The van der Waals surface area contributed by atoms with Crippen molar-refractivity contribution in [1.82, 2.24) is 4.90 Å². The van der Waals surface area contributed by atoms with Crippen molar-refractivity contribution in [3.63, 3.8) is 0 Å². The van der Waals surface area contributed by atoms with Gasteiger partial charge in [0, 0.05) is 12.6 Å². The minimum atomic E-state index is 0.123. The van der Waals surface area contributed by atoms with E-state index in [1.54, 1.807) is 6.92 Å². The maximum absolute atomic E-state index is 11.2. The minimum absolute atomic E-state index is 0.123. The van der Waals surface area contributed by atoms with Gasteiger partial charge in [0.1, 0.15) is 0 Å². The molecule has 0 spiro atoms. The molecule has 2 heteroatoms. The van der Waals surface area contributed by atoms with Crippen molar-refractivity contribution in [2.24, 2.45) is 0 Å². The van der Waals surface area contributed by atoms with E-state index in [0.717, 1.165) is 5.57 Å². The number of carbonyl (C=O) groups excluding carboxylic acids is 1. The molecule has 2 rings (SSSR count). The van der Waals surface area contributed by atoms with Gasteiger partial charge in [-0.3, -0.25) is 4.79 Å². The van der Waals surface area contributed by atoms with Crippen molar-refractivity contribution in [3.8, 4) is 0 Å². The van der Waals surface area contributed by atoms with Gasteiger partial charge in [0.15, 0.2) is 5.78 Å². The van der Waals surface area contributed by atoms with Crippen LogP contribution in [-0.4, -0.2) is 23.8 Å². The molecule has 0 aromatic carbocycles. The summed E-state index contributed by atoms with van der Waals surface area (Å²) in [6.45, 7) is 1.60. The number of fused-ring (bicyclic) bond motifs is 1. The highest BCUT2D eigenvalue weighted by atomic mass is 16.1. The largest absolute Gasteiger partial charge is 0.370 e. The molecular formula is C12H13NO. The summed E-state index contributed by atoms with van der Waals surface area (Å²) in [6.07, 6.45) is 12.0. The summed E-state index contributed by atoms with van der Waals surface area (Å²) in [7, 11) is 2.03. The van der Waals surface area contributed by atoms with E-state index < -0.39 is 0 Å². The minimum Gasteiger partial charge on any atom is -0.370 e. The normalized spacial score (nSPS) is 24.1. The molecule has 0 N–H and O–H groups in total. The van der Waals surface area contributed by atoms with Gasteiger partial charge in [-0.2, -0.15) is 0 Å². The van der Waals surface area contributed by atoms with Crippen LogP contribution in [-0.2, 0) is 4.79 Å². The van der Waals surface area contributed by atoms with Crippen molar-refractivity contribution in [3.05, 3.63) is 47.7 Å². The number of likely N-dealkylation sites (N-methyl/N-ethyl adjacent to an activating group) is 1. The highest BCUT2D eigenvalue weighted by Gasteiger charge is 2.19. The number of hydrogen-bond donors (Lipinski definition) is 0. The van der Waals surface area contributed by atoms with Crippen molar-refractivity contribution >= 4 is 5.78 Å². The average molecular weight is 187 g/mol. The molecule has 0 aromatic rings. The molecule has 0 aromatic heterocycles. The Balaban J connectivity index is 2.35. The molecule has 72 valence electrons. The smallest absolute Gasteiger partial charge is 0.159 e. The van der Waals surface area contributed by atoms with Crippen LogP contribution in [0.3, 0.4) is 0 Å². The molecule has 0 amide bonds. The first-order valence-corrected chi connectivity index (χ1v) is 4.69. The van der Waals surface area contributed by atoms with Crippen LogP contribution in [0.5, 0.6) is 0 Å². The lowest BCUT2D eigenvalue weighted by atomic mass is 9.93. The van der Waals surface area contributed by atoms with Gasteiger partial charge in [-0.1, -0.05) is 18.2 Å². The van der Waals surface area contributed by atoms with Crippen molar-refractivity contribution < 1.29 is 4.79 Å². The maximum atomic E-state index is 11.2. The van der Waals surface area contributed by atoms with E-state index in [4.69, 9.17) is 0 Å². The summed E-state index contributed by atoms with van der Waals surface area (Å²) < 4.78 is 0. The van der Waals surface area contributed by atoms with Gasteiger partial charge >= 0.3 is 0 Å². The predicted octanol–water partition coefficient (Wildman–Crippen LogP) is 1.83. The summed E-state index contributed by atoms with van der Waals surface area (Å²) in [5.41, 5.74) is 1.97. The Morgan fingerprint density at radius 2 is 2.29 bits per heavy atom. The van der Waals surface area contributed by atoms with Gasteiger partial charge in [0.05, 0.1) is 6.04 Å². The Bertz CT molecular complexity index is 385. The van der Waals surface area contributed by atoms with E-state index in [2.05, 4.69) is 17.1 Å². The summed E-state index contributed by atoms with van der Waals surface area (Å²) >= 11 is 0. The Morgan fingerprint density at radius 3 is 3.00 bits per heavy atom. The van der Waals surface area contributed by atoms with Gasteiger partial charge in [0.25, 0.3) is 0 Å². The zero-order valence-electron chi connectivity index (χ0n) is 8.40. The van der Waals surface area contributed by atoms with Crippen LogP contribution in [0.15, 0.2) is 47.7 Å². The fraction of sp³-hybridized carbons (Fsp3) is 0.250. The van der Waals surface area contributed by atoms with Crippen molar-refractivity contribution in [2.75, 3.05) is 7.05 Å². The van der Waals surface area contributed by atoms with Crippen molar-refractivity contribution in [1.29, 1.82) is 0 Å². The molecule has 2 aliphatic rings. The zero-order chi connectivity index (χ0) is 10.1. The van der Waals surface area contributed by atoms with Gasteiger partial charge in [-0.15, -0.1) is 0 Å². The van der Waals surface area contributed by atoms with Crippen LogP contribution in [0.2, 0.25) is 0 Å². The lowest BCUT2D eigenvalue weighted by Crippen LogP contribution is -2.30. The second-order valence-electron chi connectivity index (χ2n) is 3.63. The number of nitrogens with zero attached hydrogens (tertiary/aromatic N) is 1. The first kappa shape index (κ1) is 9.00. The van der Waals surface area contributed by atoms with Gasteiger partial charge < -0.3 is 4.90 Å². The molecule has 0 fully saturated rings. The lowest BCUT2D eigenvalue weighted by Gasteiger charge is -2.30. The summed E-state index contributed by atoms with van der Waals surface area (Å²) in [6, 6.07) is 0.295. The Kier molecular flexibility index (Phi) is 2.12. The first-order valence-electron chi connectivity index (χ1n) is 4.69. The third-order valence-corrected chi connectivity index (χ3v) is 2.58. The number of carbonyl (C=O) groups is 1. The number of Topliss-reactive ketones (excluding diaryl/α,β-unsaturated/α-hetero) is 1. The Hall–Kier alpha value is -1.57. The van der Waals surface area contributed by atoms with Crippen LogP contribution in [0.25, 0.3) is 0 Å². The third-order valence-electron chi connectivity index (χ3n) is 2.58. The second-order valence-corrected chi connectivity index (χ2v) is 3.63. The fourth-order valence-electron chi connectivity index (χ4n) is 1.74. The maximum Gasteiger partial charge on any atom is 0.159 e. The number of ketones is 1. The molecule has 1 atom stereocenters. The highest BCUT2D eigenvalue weighted by Crippen LogP contribution is 2.23. The summed E-state index contributed by atoms with van der Waals surface area (Å²) in [4.78, 5) is 13.3. The van der Waals surface area contributed by atoms with E-state index >= 15 is 0 Å². The second kappa shape index (κ2) is 3.29. The number of allylic oxidation sites excluding steroid dienone is 4. The molecule has 1 aliphatic carbocycles. The Morgan fingerprint density at radius 1 is 1.50 bits per heavy atom. The van der Waals surface area contributed by atoms with Gasteiger partial charge in [-0.05, 0) is 30.8 Å². The molecule has 1 heterocycles. The van der Waals surface area contributed by atoms with Crippen LogP contribution in [0.1, 0.15) is 6.92 Å². The van der Waals surface area contributed by atoms with Gasteiger partial charge in [0.2, 0.25) is 0 Å². The number of hydrogen-bond acceptors (Lipinski definition) is 2. The van der Waals surface area contributed by atoms with Crippen LogP contribution >= 0.6 is 0 Å². The SMILES string of the molecule is CC(=O)C1=CC2=CC=CN(C)C2C=C1. The van der Waals surface area contributed by atoms with Gasteiger partial charge in [-0.25, -0.2) is 0 Å². The quantitative estimate of drug-likeness (QED) is 0.624. The molecule has 1 unspecified atom stereocenters. The zero-order valence-corrected chi connectivity index (χ0v) is 8.40. The fourth-order valence-corrected chi connectivity index (χ4v) is 1.74. The molecule has 0 saturated carbocycles. The van der Waals surface area contributed by atoms with Crippen LogP contribution in [0, 0.1) is 0 Å². The molecular weight excluding hydrogens is 174 g/mol. The standard InChI is InChI=1S/C12H13NO/c1-9(14)10-5-6-12-11(8-10)4-3-7-13(12)2/h3-8,12H,1-2H3. The molecule has 0 saturated heterocycles. The monoisotopic (exact) mass is 187 g/mol. The molecule has 0 radical (unpaired) electrons. The highest BCUT2D eigenvalue weighted by molar-refractivity contribution is 5.97. The lowest BCUT2D eigenvalue weighted by molar-refractivity contribution is -0.113. The molecule has 2 nitrogen and oxygen atoms in total. The van der Waals surface area contributed by atoms with E-state index in [9.17, 15) is 4.79 Å². The molecule has 1 aliphatic heterocycles. The number of rotatable bonds is 1. The summed E-state index contributed by atoms with van der Waals surface area (Å²) in [5.74, 6) is 0.123. The summed E-state index contributed by atoms with van der Waals surface area (Å²) in [5, 5.41) is 0. The topological polar surface area (TPSA) is 20.3 Å². The van der Waals surface area contributed by atoms with E-state index in [-0.39, 0.29) is 5.78 Å². The third kappa shape index (κ3) is 1.43.